The number of fused-ring (bicyclic) bond motifs is 1. The number of H-pyrrole nitrogens is 1. The van der Waals surface area contributed by atoms with Crippen molar-refractivity contribution in [1.82, 2.24) is 20.0 Å². The first-order valence-corrected chi connectivity index (χ1v) is 14.7. The van der Waals surface area contributed by atoms with Gasteiger partial charge in [-0.2, -0.15) is 23.3 Å². The average Bonchev–Trinajstić information content (AvgIpc) is 3.60. The van der Waals surface area contributed by atoms with Gasteiger partial charge in [-0.3, -0.25) is 14.8 Å². The number of carbonyl (C=O) groups excluding carboxylic acids is 2. The number of thioether (sulfide) groups is 1. The molecule has 0 saturated carbocycles. The molecule has 0 unspecified atom stereocenters. The van der Waals surface area contributed by atoms with E-state index in [1.54, 1.807) is 50.1 Å². The minimum absolute atomic E-state index is 0.0266. The highest BCUT2D eigenvalue weighted by atomic mass is 32.2. The molecule has 1 atom stereocenters. The number of alkyl halides is 3. The Bertz CT molecular complexity index is 1650. The zero-order valence-corrected chi connectivity index (χ0v) is 25.4. The van der Waals surface area contributed by atoms with Crippen LogP contribution in [0.5, 0.6) is 5.75 Å². The maximum Gasteiger partial charge on any atom is 0.416 e. The minimum Gasteiger partial charge on any atom is -0.497 e. The molecular formula is C30H32F3N5O5S. The van der Waals surface area contributed by atoms with Crippen LogP contribution in [0.25, 0.3) is 16.5 Å². The summed E-state index contributed by atoms with van der Waals surface area (Å²) >= 11 is 1.07. The van der Waals surface area contributed by atoms with E-state index in [0.717, 1.165) is 28.7 Å². The van der Waals surface area contributed by atoms with E-state index in [1.165, 1.54) is 24.1 Å². The van der Waals surface area contributed by atoms with Crippen molar-refractivity contribution in [2.45, 2.75) is 45.0 Å². The maximum absolute atomic E-state index is 14.1. The van der Waals surface area contributed by atoms with Crippen LogP contribution in [0.1, 0.15) is 37.5 Å². The number of aliphatic imine (C=N–C) groups is 1. The van der Waals surface area contributed by atoms with E-state index in [1.807, 2.05) is 0 Å². The molecule has 0 bridgehead atoms. The summed E-state index contributed by atoms with van der Waals surface area (Å²) in [6.45, 7) is 5.65. The first kappa shape index (κ1) is 31.4. The Labute approximate surface area is 255 Å². The van der Waals surface area contributed by atoms with Gasteiger partial charge in [0.2, 0.25) is 0 Å². The zero-order chi connectivity index (χ0) is 31.8. The second kappa shape index (κ2) is 12.2. The number of methoxy groups -OCH3 is 1. The summed E-state index contributed by atoms with van der Waals surface area (Å²) in [5.74, 6) is -0.513. The number of rotatable bonds is 5. The molecule has 2 amide bonds. The van der Waals surface area contributed by atoms with Gasteiger partial charge in [-0.15, -0.1) is 0 Å². The molecule has 234 valence electrons. The number of amides is 2. The highest BCUT2D eigenvalue weighted by Crippen LogP contribution is 2.41. The van der Waals surface area contributed by atoms with Gasteiger partial charge in [-0.05, 0) is 79.9 Å². The fourth-order valence-electron chi connectivity index (χ4n) is 5.10. The number of allylic oxidation sites excluding steroid dienone is 1. The highest BCUT2D eigenvalue weighted by molar-refractivity contribution is 8.18. The fourth-order valence-corrected chi connectivity index (χ4v) is 6.15. The maximum atomic E-state index is 14.1. The molecule has 1 fully saturated rings. The van der Waals surface area contributed by atoms with Crippen molar-refractivity contribution in [3.05, 3.63) is 64.2 Å². The van der Waals surface area contributed by atoms with Crippen molar-refractivity contribution in [2.75, 3.05) is 33.4 Å². The number of benzene rings is 2. The van der Waals surface area contributed by atoms with Crippen LogP contribution >= 0.6 is 11.8 Å². The van der Waals surface area contributed by atoms with Gasteiger partial charge in [0.15, 0.2) is 5.17 Å². The number of aliphatic hydroxyl groups excluding tert-OH is 1. The third-order valence-electron chi connectivity index (χ3n) is 7.23. The van der Waals surface area contributed by atoms with Crippen LogP contribution in [-0.4, -0.2) is 87.3 Å². The first-order valence-electron chi connectivity index (χ1n) is 13.8. The van der Waals surface area contributed by atoms with E-state index in [2.05, 4.69) is 15.2 Å². The standard InChI is InChI=1S/C30H32F3N5O5S/c1-29(2,3)43-28(41)38-10-9-37(15-20(38)16-39)27-35-26(40)25(44-27)22(17-6-8-24-19(11-17)14-34-36-24)12-18-5-7-21(42-4)13-23(18)30(31,32)33/h5-8,11,13-14,20,39H,9-10,12,15-16H2,1-4H3,(H,34,36)/t20-/m1/s1. The summed E-state index contributed by atoms with van der Waals surface area (Å²) in [6, 6.07) is 8.40. The molecule has 0 aliphatic carbocycles. The summed E-state index contributed by atoms with van der Waals surface area (Å²) in [6.07, 6.45) is -3.81. The van der Waals surface area contributed by atoms with Gasteiger partial charge in [0.25, 0.3) is 5.91 Å². The molecule has 0 radical (unpaired) electrons. The molecule has 2 aliphatic heterocycles. The normalized spacial score (nSPS) is 19.0. The molecule has 14 heteroatoms. The van der Waals surface area contributed by atoms with Gasteiger partial charge in [-0.25, -0.2) is 4.79 Å². The Hall–Kier alpha value is -4.04. The lowest BCUT2D eigenvalue weighted by Gasteiger charge is -2.41. The van der Waals surface area contributed by atoms with Gasteiger partial charge in [0.05, 0.1) is 41.9 Å². The van der Waals surface area contributed by atoms with Crippen LogP contribution in [-0.2, 0) is 22.1 Å². The molecule has 1 saturated heterocycles. The van der Waals surface area contributed by atoms with Crippen molar-refractivity contribution in [3.63, 3.8) is 0 Å². The summed E-state index contributed by atoms with van der Waals surface area (Å²) in [7, 11) is 1.30. The smallest absolute Gasteiger partial charge is 0.416 e. The molecule has 10 nitrogen and oxygen atoms in total. The predicted molar refractivity (Wildman–Crippen MR) is 160 cm³/mol. The summed E-state index contributed by atoms with van der Waals surface area (Å²) in [5, 5.41) is 18.0. The van der Waals surface area contributed by atoms with Crippen LogP contribution in [0.15, 0.2) is 52.5 Å². The Balaban J connectivity index is 1.48. The van der Waals surface area contributed by atoms with Crippen LogP contribution in [0, 0.1) is 0 Å². The van der Waals surface area contributed by atoms with Crippen LogP contribution < -0.4 is 4.74 Å². The van der Waals surface area contributed by atoms with Crippen LogP contribution in [0.3, 0.4) is 0 Å². The number of nitrogens with zero attached hydrogens (tertiary/aromatic N) is 4. The highest BCUT2D eigenvalue weighted by Gasteiger charge is 2.38. The molecule has 1 aromatic heterocycles. The van der Waals surface area contributed by atoms with Crippen molar-refractivity contribution in [1.29, 1.82) is 0 Å². The van der Waals surface area contributed by atoms with Crippen molar-refractivity contribution >= 4 is 45.4 Å². The molecule has 3 aromatic rings. The number of aliphatic hydroxyl groups is 1. The number of amidine groups is 1. The third-order valence-corrected chi connectivity index (χ3v) is 8.39. The van der Waals surface area contributed by atoms with Crippen molar-refractivity contribution < 1.29 is 37.3 Å². The fraction of sp³-hybridized carbons (Fsp3) is 0.400. The summed E-state index contributed by atoms with van der Waals surface area (Å²) in [4.78, 5) is 33.9. The van der Waals surface area contributed by atoms with E-state index in [4.69, 9.17) is 9.47 Å². The third kappa shape index (κ3) is 6.70. The number of aromatic nitrogens is 2. The Morgan fingerprint density at radius 3 is 2.61 bits per heavy atom. The molecule has 2 N–H and O–H groups in total. The number of nitrogens with one attached hydrogen (secondary N) is 1. The predicted octanol–water partition coefficient (Wildman–Crippen LogP) is 5.09. The van der Waals surface area contributed by atoms with E-state index in [-0.39, 0.29) is 42.3 Å². The Morgan fingerprint density at radius 1 is 1.16 bits per heavy atom. The van der Waals surface area contributed by atoms with Crippen molar-refractivity contribution in [3.8, 4) is 5.75 Å². The van der Waals surface area contributed by atoms with Gasteiger partial charge < -0.3 is 19.5 Å². The number of piperazine rings is 1. The van der Waals surface area contributed by atoms with E-state index in [9.17, 15) is 27.9 Å². The van der Waals surface area contributed by atoms with Gasteiger partial charge in [0.1, 0.15) is 11.4 Å². The van der Waals surface area contributed by atoms with Gasteiger partial charge >= 0.3 is 12.3 Å². The molecule has 5 rings (SSSR count). The summed E-state index contributed by atoms with van der Waals surface area (Å²) in [5.41, 5.74) is 0.0685. The molecule has 2 aromatic carbocycles. The lowest BCUT2D eigenvalue weighted by Crippen LogP contribution is -2.58. The average molecular weight is 632 g/mol. The second-order valence-corrected chi connectivity index (χ2v) is 12.4. The van der Waals surface area contributed by atoms with Crippen LogP contribution in [0.2, 0.25) is 0 Å². The number of hydrogen-bond donors (Lipinski definition) is 2. The Kier molecular flexibility index (Phi) is 8.67. The number of carbonyl (C=O) groups is 2. The van der Waals surface area contributed by atoms with Gasteiger partial charge in [-0.1, -0.05) is 12.1 Å². The second-order valence-electron chi connectivity index (χ2n) is 11.4. The molecule has 44 heavy (non-hydrogen) atoms. The largest absolute Gasteiger partial charge is 0.497 e. The van der Waals surface area contributed by atoms with E-state index >= 15 is 0 Å². The van der Waals surface area contributed by atoms with Crippen molar-refractivity contribution in [2.24, 2.45) is 4.99 Å². The van der Waals surface area contributed by atoms with Gasteiger partial charge in [0, 0.05) is 25.0 Å². The molecule has 0 spiro atoms. The first-order chi connectivity index (χ1) is 20.8. The minimum atomic E-state index is -4.66. The Morgan fingerprint density at radius 2 is 1.93 bits per heavy atom. The topological polar surface area (TPSA) is 120 Å². The number of ether oxygens (including phenoxy) is 2. The number of aromatic amines is 1. The quantitative estimate of drug-likeness (QED) is 0.374. The number of halogens is 3. The molecular weight excluding hydrogens is 599 g/mol. The number of hydrogen-bond acceptors (Lipinski definition) is 8. The molecule has 3 heterocycles. The lowest BCUT2D eigenvalue weighted by atomic mass is 9.93. The monoisotopic (exact) mass is 631 g/mol. The van der Waals surface area contributed by atoms with E-state index in [0.29, 0.717) is 22.8 Å². The SMILES string of the molecule is COc1ccc(CC(=C2SC(N3CCN(C(=O)OC(C)(C)C)[C@@H](CO)C3)=NC2=O)c2ccc3[nH]ncc3c2)c(C(F)(F)F)c1. The van der Waals surface area contributed by atoms with E-state index < -0.39 is 35.4 Å². The van der Waals surface area contributed by atoms with Crippen LogP contribution in [0.4, 0.5) is 18.0 Å². The zero-order valence-electron chi connectivity index (χ0n) is 24.6. The summed E-state index contributed by atoms with van der Waals surface area (Å²) < 4.78 is 53.0. The lowest BCUT2D eigenvalue weighted by molar-refractivity contribution is -0.138. The molecule has 2 aliphatic rings.